The maximum atomic E-state index is 12.4. The van der Waals surface area contributed by atoms with Gasteiger partial charge in [0, 0.05) is 5.56 Å². The van der Waals surface area contributed by atoms with Crippen molar-refractivity contribution in [1.29, 1.82) is 0 Å². The zero-order chi connectivity index (χ0) is 18.8. The van der Waals surface area contributed by atoms with Crippen LogP contribution in [0.1, 0.15) is 35.2 Å². The summed E-state index contributed by atoms with van der Waals surface area (Å²) in [7, 11) is 0. The molecule has 1 fully saturated rings. The van der Waals surface area contributed by atoms with E-state index < -0.39 is 5.91 Å². The predicted octanol–water partition coefficient (Wildman–Crippen LogP) is 2.66. The Balaban J connectivity index is 1.54. The number of rotatable bonds is 5. The summed E-state index contributed by atoms with van der Waals surface area (Å²) in [5.41, 5.74) is 3.28. The quantitative estimate of drug-likeness (QED) is 0.626. The maximum Gasteiger partial charge on any atom is 0.274 e. The summed E-state index contributed by atoms with van der Waals surface area (Å²) in [4.78, 5) is 25.7. The fourth-order valence-corrected chi connectivity index (χ4v) is 3.12. The fraction of sp³-hybridized carbons (Fsp3) is 0.300. The Kier molecular flexibility index (Phi) is 4.68. The minimum atomic E-state index is -0.645. The van der Waals surface area contributed by atoms with Crippen LogP contribution in [0, 0.1) is 0 Å². The zero-order valence-electron chi connectivity index (χ0n) is 14.7. The normalized spacial score (nSPS) is 16.2. The highest BCUT2D eigenvalue weighted by Crippen LogP contribution is 2.34. The largest absolute Gasteiger partial charge is 0.490 e. The van der Waals surface area contributed by atoms with Crippen LogP contribution < -0.4 is 19.9 Å². The molecule has 140 valence electrons. The lowest BCUT2D eigenvalue weighted by molar-refractivity contribution is -0.121. The van der Waals surface area contributed by atoms with Crippen molar-refractivity contribution in [3.63, 3.8) is 0 Å². The molecule has 0 bridgehead atoms. The van der Waals surface area contributed by atoms with Crippen molar-refractivity contribution in [1.82, 2.24) is 5.48 Å². The van der Waals surface area contributed by atoms with Gasteiger partial charge in [0.25, 0.3) is 11.8 Å². The SMILES string of the molecule is O=C(NO)c1ccc2c(c1)N(Cc1ccc(OC3CCC3)cc1)C(=O)CO2. The lowest BCUT2D eigenvalue weighted by atomic mass is 9.96. The smallest absolute Gasteiger partial charge is 0.274 e. The molecule has 1 aliphatic heterocycles. The second-order valence-electron chi connectivity index (χ2n) is 6.71. The van der Waals surface area contributed by atoms with Crippen LogP contribution >= 0.6 is 0 Å². The molecule has 27 heavy (non-hydrogen) atoms. The highest BCUT2D eigenvalue weighted by Gasteiger charge is 2.27. The number of benzene rings is 2. The van der Waals surface area contributed by atoms with E-state index in [9.17, 15) is 9.59 Å². The van der Waals surface area contributed by atoms with Crippen LogP contribution in [0.15, 0.2) is 42.5 Å². The number of carbonyl (C=O) groups excluding carboxylic acids is 2. The molecule has 1 aliphatic carbocycles. The van der Waals surface area contributed by atoms with Gasteiger partial charge in [-0.15, -0.1) is 0 Å². The molecule has 2 N–H and O–H groups in total. The van der Waals surface area contributed by atoms with E-state index in [0.717, 1.165) is 24.2 Å². The summed E-state index contributed by atoms with van der Waals surface area (Å²) in [5.74, 6) is 0.514. The first-order valence-corrected chi connectivity index (χ1v) is 8.91. The van der Waals surface area contributed by atoms with E-state index in [-0.39, 0.29) is 18.1 Å². The number of carbonyl (C=O) groups is 2. The second kappa shape index (κ2) is 7.28. The molecule has 0 atom stereocenters. The Bertz CT molecular complexity index is 861. The third-order valence-corrected chi connectivity index (χ3v) is 4.88. The van der Waals surface area contributed by atoms with Gasteiger partial charge in [-0.2, -0.15) is 0 Å². The van der Waals surface area contributed by atoms with Crippen LogP contribution in [0.3, 0.4) is 0 Å². The molecule has 0 saturated heterocycles. The number of amides is 2. The highest BCUT2D eigenvalue weighted by molar-refractivity contribution is 6.01. The van der Waals surface area contributed by atoms with Gasteiger partial charge in [-0.1, -0.05) is 12.1 Å². The number of fused-ring (bicyclic) bond motifs is 1. The molecular formula is C20H20N2O5. The minimum absolute atomic E-state index is 0.0541. The second-order valence-corrected chi connectivity index (χ2v) is 6.71. The average molecular weight is 368 g/mol. The third kappa shape index (κ3) is 3.59. The van der Waals surface area contributed by atoms with E-state index in [1.54, 1.807) is 16.4 Å². The van der Waals surface area contributed by atoms with E-state index >= 15 is 0 Å². The molecule has 0 spiro atoms. The summed E-state index contributed by atoms with van der Waals surface area (Å²) in [5, 5.41) is 8.83. The van der Waals surface area contributed by atoms with Crippen LogP contribution in [0.2, 0.25) is 0 Å². The van der Waals surface area contributed by atoms with E-state index in [4.69, 9.17) is 14.7 Å². The lowest BCUT2D eigenvalue weighted by Crippen LogP contribution is -2.38. The van der Waals surface area contributed by atoms with Gasteiger partial charge in [0.05, 0.1) is 18.3 Å². The van der Waals surface area contributed by atoms with Gasteiger partial charge in [0.1, 0.15) is 11.5 Å². The van der Waals surface area contributed by atoms with Crippen LogP contribution in [0.5, 0.6) is 11.5 Å². The molecule has 7 heteroatoms. The van der Waals surface area contributed by atoms with Crippen LogP contribution in [0.25, 0.3) is 0 Å². The number of anilines is 1. The molecule has 0 aromatic heterocycles. The van der Waals surface area contributed by atoms with Crippen molar-refractivity contribution in [2.24, 2.45) is 0 Å². The fourth-order valence-electron chi connectivity index (χ4n) is 3.12. The molecule has 2 amide bonds. The highest BCUT2D eigenvalue weighted by atomic mass is 16.5. The van der Waals surface area contributed by atoms with E-state index in [1.807, 2.05) is 24.3 Å². The topological polar surface area (TPSA) is 88.1 Å². The summed E-state index contributed by atoms with van der Waals surface area (Å²) in [6, 6.07) is 12.4. The van der Waals surface area contributed by atoms with Gasteiger partial charge in [-0.25, -0.2) is 5.48 Å². The van der Waals surface area contributed by atoms with Crippen molar-refractivity contribution in [2.45, 2.75) is 31.9 Å². The minimum Gasteiger partial charge on any atom is -0.490 e. The Labute approximate surface area is 156 Å². The first-order valence-electron chi connectivity index (χ1n) is 8.91. The number of nitrogens with zero attached hydrogens (tertiary/aromatic N) is 1. The predicted molar refractivity (Wildman–Crippen MR) is 97.1 cm³/mol. The van der Waals surface area contributed by atoms with Crippen LogP contribution in [0.4, 0.5) is 5.69 Å². The average Bonchev–Trinajstić information content (AvgIpc) is 2.67. The molecule has 2 aliphatic rings. The maximum absolute atomic E-state index is 12.4. The number of hydrogen-bond donors (Lipinski definition) is 2. The Morgan fingerprint density at radius 1 is 1.22 bits per heavy atom. The summed E-state index contributed by atoms with van der Waals surface area (Å²) in [6.45, 7) is 0.296. The van der Waals surface area contributed by atoms with Gasteiger partial charge in [-0.3, -0.25) is 14.8 Å². The number of hydrogen-bond acceptors (Lipinski definition) is 5. The van der Waals surface area contributed by atoms with Gasteiger partial charge < -0.3 is 14.4 Å². The molecule has 7 nitrogen and oxygen atoms in total. The third-order valence-electron chi connectivity index (χ3n) is 4.88. The first-order chi connectivity index (χ1) is 13.1. The first kappa shape index (κ1) is 17.4. The summed E-state index contributed by atoms with van der Waals surface area (Å²) < 4.78 is 11.3. The number of nitrogens with one attached hydrogen (secondary N) is 1. The van der Waals surface area contributed by atoms with Gasteiger partial charge >= 0.3 is 0 Å². The van der Waals surface area contributed by atoms with Crippen molar-refractivity contribution >= 4 is 17.5 Å². The number of ether oxygens (including phenoxy) is 2. The monoisotopic (exact) mass is 368 g/mol. The van der Waals surface area contributed by atoms with Gasteiger partial charge in [0.15, 0.2) is 6.61 Å². The van der Waals surface area contributed by atoms with Crippen molar-refractivity contribution < 1.29 is 24.3 Å². The van der Waals surface area contributed by atoms with Crippen molar-refractivity contribution in [2.75, 3.05) is 11.5 Å². The van der Waals surface area contributed by atoms with Crippen LogP contribution in [-0.2, 0) is 11.3 Å². The van der Waals surface area contributed by atoms with Crippen LogP contribution in [-0.4, -0.2) is 29.7 Å². The van der Waals surface area contributed by atoms with E-state index in [1.165, 1.54) is 18.6 Å². The van der Waals surface area contributed by atoms with E-state index in [2.05, 4.69) is 0 Å². The summed E-state index contributed by atoms with van der Waals surface area (Å²) >= 11 is 0. The van der Waals surface area contributed by atoms with Gasteiger partial charge in [-0.05, 0) is 55.2 Å². The molecule has 2 aromatic carbocycles. The van der Waals surface area contributed by atoms with Gasteiger partial charge in [0.2, 0.25) is 0 Å². The molecule has 2 aromatic rings. The van der Waals surface area contributed by atoms with E-state index in [0.29, 0.717) is 24.1 Å². The summed E-state index contributed by atoms with van der Waals surface area (Å²) in [6.07, 6.45) is 3.74. The van der Waals surface area contributed by atoms with Crippen molar-refractivity contribution in [3.8, 4) is 11.5 Å². The van der Waals surface area contributed by atoms with Crippen molar-refractivity contribution in [3.05, 3.63) is 53.6 Å². The Morgan fingerprint density at radius 2 is 2.00 bits per heavy atom. The molecule has 0 unspecified atom stereocenters. The zero-order valence-corrected chi connectivity index (χ0v) is 14.7. The lowest BCUT2D eigenvalue weighted by Gasteiger charge is -2.30. The molecule has 1 saturated carbocycles. The standard InChI is InChI=1S/C20H20N2O5/c23-19-12-26-18-9-6-14(20(24)21-25)10-17(18)22(19)11-13-4-7-16(8-5-13)27-15-2-1-3-15/h4-10,15,25H,1-3,11-12H2,(H,21,24). The Morgan fingerprint density at radius 3 is 2.67 bits per heavy atom. The number of hydroxylamine groups is 1. The molecule has 4 rings (SSSR count). The molecule has 1 heterocycles. The molecule has 0 radical (unpaired) electrons. The molecular weight excluding hydrogens is 348 g/mol. The Hall–Kier alpha value is -3.06.